The van der Waals surface area contributed by atoms with E-state index in [1.807, 2.05) is 6.92 Å². The molecule has 1 aromatic carbocycles. The first-order valence-electron chi connectivity index (χ1n) is 7.94. The molecule has 3 N–H and O–H groups in total. The molecule has 7 heteroatoms. The summed E-state index contributed by atoms with van der Waals surface area (Å²) in [7, 11) is 0. The van der Waals surface area contributed by atoms with Gasteiger partial charge in [0.15, 0.2) is 0 Å². The summed E-state index contributed by atoms with van der Waals surface area (Å²) in [4.78, 5) is 25.9. The van der Waals surface area contributed by atoms with E-state index in [9.17, 15) is 9.59 Å². The Morgan fingerprint density at radius 3 is 2.52 bits per heavy atom. The minimum atomic E-state index is -0.658. The Balaban J connectivity index is 1.70. The lowest BCUT2D eigenvalue weighted by atomic mass is 10.3. The topological polar surface area (TPSA) is 82.7 Å². The van der Waals surface area contributed by atoms with Gasteiger partial charge in [0.1, 0.15) is 5.75 Å². The van der Waals surface area contributed by atoms with Crippen LogP contribution in [0.3, 0.4) is 0 Å². The zero-order chi connectivity index (χ0) is 16.5. The second-order valence-corrected chi connectivity index (χ2v) is 5.26. The molecule has 0 saturated carbocycles. The smallest absolute Gasteiger partial charge is 0.313 e. The molecule has 1 aliphatic rings. The van der Waals surface area contributed by atoms with Gasteiger partial charge < -0.3 is 20.7 Å². The van der Waals surface area contributed by atoms with Crippen LogP contribution in [-0.4, -0.2) is 62.6 Å². The zero-order valence-electron chi connectivity index (χ0n) is 13.4. The van der Waals surface area contributed by atoms with Crippen LogP contribution in [0.5, 0.6) is 5.75 Å². The van der Waals surface area contributed by atoms with Gasteiger partial charge in [0.25, 0.3) is 0 Å². The molecule has 2 rings (SSSR count). The number of piperazine rings is 1. The van der Waals surface area contributed by atoms with E-state index in [2.05, 4.69) is 20.9 Å². The summed E-state index contributed by atoms with van der Waals surface area (Å²) in [6.07, 6.45) is 0. The minimum absolute atomic E-state index is 0.468. The molecule has 1 aromatic rings. The monoisotopic (exact) mass is 320 g/mol. The van der Waals surface area contributed by atoms with E-state index in [0.29, 0.717) is 18.8 Å². The number of hydrogen-bond donors (Lipinski definition) is 3. The molecule has 0 unspecified atom stereocenters. The van der Waals surface area contributed by atoms with Gasteiger partial charge >= 0.3 is 11.8 Å². The van der Waals surface area contributed by atoms with Gasteiger partial charge in [-0.05, 0) is 31.2 Å². The van der Waals surface area contributed by atoms with Crippen LogP contribution in [0.1, 0.15) is 6.92 Å². The van der Waals surface area contributed by atoms with Crippen molar-refractivity contribution in [3.63, 3.8) is 0 Å². The van der Waals surface area contributed by atoms with Gasteiger partial charge in [0.2, 0.25) is 0 Å². The molecule has 126 valence electrons. The third-order valence-corrected chi connectivity index (χ3v) is 3.55. The molecule has 0 radical (unpaired) electrons. The maximum absolute atomic E-state index is 11.8. The van der Waals surface area contributed by atoms with Crippen LogP contribution in [0.4, 0.5) is 5.69 Å². The normalized spacial score (nSPS) is 15.0. The van der Waals surface area contributed by atoms with Crippen molar-refractivity contribution < 1.29 is 14.3 Å². The third kappa shape index (κ3) is 5.88. The van der Waals surface area contributed by atoms with Crippen LogP contribution in [0.2, 0.25) is 0 Å². The lowest BCUT2D eigenvalue weighted by molar-refractivity contribution is -0.136. The van der Waals surface area contributed by atoms with Crippen molar-refractivity contribution in [3.05, 3.63) is 24.3 Å². The van der Waals surface area contributed by atoms with Gasteiger partial charge in [-0.2, -0.15) is 0 Å². The van der Waals surface area contributed by atoms with Crippen molar-refractivity contribution in [2.45, 2.75) is 6.92 Å². The molecular formula is C16H24N4O3. The Kier molecular flexibility index (Phi) is 6.83. The standard InChI is InChI=1S/C16H24N4O3/c1-2-23-14-5-3-13(4-6-14)19-16(22)15(21)18-9-12-20-10-7-17-8-11-20/h3-6,17H,2,7-12H2,1H3,(H,18,21)(H,19,22). The number of nitrogens with zero attached hydrogens (tertiary/aromatic N) is 1. The third-order valence-electron chi connectivity index (χ3n) is 3.55. The quantitative estimate of drug-likeness (QED) is 0.645. The van der Waals surface area contributed by atoms with E-state index in [1.165, 1.54) is 0 Å². The first-order chi connectivity index (χ1) is 11.2. The molecule has 0 bridgehead atoms. The molecule has 0 aromatic heterocycles. The second kappa shape index (κ2) is 9.12. The van der Waals surface area contributed by atoms with Gasteiger partial charge in [-0.3, -0.25) is 14.5 Å². The Bertz CT molecular complexity index is 513. The molecule has 7 nitrogen and oxygen atoms in total. The number of carbonyl (C=O) groups is 2. The maximum atomic E-state index is 11.8. The molecule has 1 heterocycles. The Morgan fingerprint density at radius 1 is 1.17 bits per heavy atom. The summed E-state index contributed by atoms with van der Waals surface area (Å²) in [5, 5.41) is 8.48. The summed E-state index contributed by atoms with van der Waals surface area (Å²) in [6.45, 7) is 7.57. The molecule has 0 spiro atoms. The summed E-state index contributed by atoms with van der Waals surface area (Å²) in [6, 6.07) is 6.91. The molecule has 2 amide bonds. The van der Waals surface area contributed by atoms with Crippen molar-refractivity contribution in [1.29, 1.82) is 0 Å². The summed E-state index contributed by atoms with van der Waals surface area (Å²) in [5.41, 5.74) is 0.565. The fourth-order valence-corrected chi connectivity index (χ4v) is 2.33. The van der Waals surface area contributed by atoms with Crippen LogP contribution in [-0.2, 0) is 9.59 Å². The van der Waals surface area contributed by atoms with Gasteiger partial charge in [-0.25, -0.2) is 0 Å². The van der Waals surface area contributed by atoms with Crippen molar-refractivity contribution >= 4 is 17.5 Å². The largest absolute Gasteiger partial charge is 0.494 e. The minimum Gasteiger partial charge on any atom is -0.494 e. The van der Waals surface area contributed by atoms with E-state index in [4.69, 9.17) is 4.74 Å². The van der Waals surface area contributed by atoms with Crippen molar-refractivity contribution in [1.82, 2.24) is 15.5 Å². The molecular weight excluding hydrogens is 296 g/mol. The van der Waals surface area contributed by atoms with E-state index in [1.54, 1.807) is 24.3 Å². The highest BCUT2D eigenvalue weighted by Gasteiger charge is 2.14. The second-order valence-electron chi connectivity index (χ2n) is 5.26. The highest BCUT2D eigenvalue weighted by Crippen LogP contribution is 2.15. The molecule has 23 heavy (non-hydrogen) atoms. The highest BCUT2D eigenvalue weighted by atomic mass is 16.5. The molecule has 1 fully saturated rings. The average molecular weight is 320 g/mol. The number of rotatable bonds is 6. The van der Waals surface area contributed by atoms with Crippen LogP contribution in [0.25, 0.3) is 0 Å². The summed E-state index contributed by atoms with van der Waals surface area (Å²) < 4.78 is 5.32. The molecule has 1 aliphatic heterocycles. The Labute approximate surface area is 136 Å². The van der Waals surface area contributed by atoms with Crippen LogP contribution in [0, 0.1) is 0 Å². The van der Waals surface area contributed by atoms with Gasteiger partial charge in [-0.15, -0.1) is 0 Å². The summed E-state index contributed by atoms with van der Waals surface area (Å²) in [5.74, 6) is -0.547. The number of ether oxygens (including phenoxy) is 1. The van der Waals surface area contributed by atoms with Crippen LogP contribution >= 0.6 is 0 Å². The first kappa shape index (κ1) is 17.2. The number of amides is 2. The van der Waals surface area contributed by atoms with Crippen molar-refractivity contribution in [2.75, 3.05) is 51.2 Å². The van der Waals surface area contributed by atoms with Gasteiger partial charge in [0.05, 0.1) is 6.61 Å². The van der Waals surface area contributed by atoms with Crippen molar-refractivity contribution in [3.8, 4) is 5.75 Å². The maximum Gasteiger partial charge on any atom is 0.313 e. The lowest BCUT2D eigenvalue weighted by Gasteiger charge is -2.26. The van der Waals surface area contributed by atoms with E-state index >= 15 is 0 Å². The van der Waals surface area contributed by atoms with E-state index in [-0.39, 0.29) is 0 Å². The fraction of sp³-hybridized carbons (Fsp3) is 0.500. The zero-order valence-corrected chi connectivity index (χ0v) is 13.4. The highest BCUT2D eigenvalue weighted by molar-refractivity contribution is 6.39. The van der Waals surface area contributed by atoms with E-state index in [0.717, 1.165) is 38.5 Å². The summed E-state index contributed by atoms with van der Waals surface area (Å²) >= 11 is 0. The predicted octanol–water partition coefficient (Wildman–Crippen LogP) is 0.0452. The lowest BCUT2D eigenvalue weighted by Crippen LogP contribution is -2.47. The number of benzene rings is 1. The van der Waals surface area contributed by atoms with Gasteiger partial charge in [-0.1, -0.05) is 0 Å². The number of hydrogen-bond acceptors (Lipinski definition) is 5. The fourth-order valence-electron chi connectivity index (χ4n) is 2.33. The van der Waals surface area contributed by atoms with Crippen LogP contribution in [0.15, 0.2) is 24.3 Å². The van der Waals surface area contributed by atoms with Crippen molar-refractivity contribution in [2.24, 2.45) is 0 Å². The Morgan fingerprint density at radius 2 is 1.87 bits per heavy atom. The number of carbonyl (C=O) groups excluding carboxylic acids is 2. The molecule has 0 atom stereocenters. The molecule has 1 saturated heterocycles. The average Bonchev–Trinajstić information content (AvgIpc) is 2.57. The first-order valence-corrected chi connectivity index (χ1v) is 7.94. The SMILES string of the molecule is CCOc1ccc(NC(=O)C(=O)NCCN2CCNCC2)cc1. The van der Waals surface area contributed by atoms with E-state index < -0.39 is 11.8 Å². The molecule has 0 aliphatic carbocycles. The Hall–Kier alpha value is -2.12. The number of nitrogens with one attached hydrogen (secondary N) is 3. The number of anilines is 1. The van der Waals surface area contributed by atoms with Gasteiger partial charge in [0, 0.05) is 45.0 Å². The predicted molar refractivity (Wildman–Crippen MR) is 88.6 cm³/mol. The van der Waals surface area contributed by atoms with Crippen LogP contribution < -0.4 is 20.7 Å².